The molecule has 3 aromatic carbocycles. The van der Waals surface area contributed by atoms with E-state index in [-0.39, 0.29) is 37.7 Å². The van der Waals surface area contributed by atoms with Crippen LogP contribution in [0.2, 0.25) is 0 Å². The summed E-state index contributed by atoms with van der Waals surface area (Å²) in [5.74, 6) is 0. The Bertz CT molecular complexity index is 443. The van der Waals surface area contributed by atoms with Crippen molar-refractivity contribution in [2.45, 2.75) is 0 Å². The minimum Gasteiger partial charge on any atom is -0.184 e. The third-order valence-electron chi connectivity index (χ3n) is 2.20. The van der Waals surface area contributed by atoms with E-state index in [9.17, 15) is 0 Å². The van der Waals surface area contributed by atoms with Gasteiger partial charge in [-0.3, -0.25) is 0 Å². The molecule has 3 rings (SSSR count). The second-order valence-corrected chi connectivity index (χ2v) is 3.35. The van der Waals surface area contributed by atoms with Gasteiger partial charge in [-0.2, -0.15) is 60.7 Å². The first-order chi connectivity index (χ1) is 7.97. The predicted molar refractivity (Wildman–Crippen MR) is 68.1 cm³/mol. The van der Waals surface area contributed by atoms with Crippen molar-refractivity contribution in [3.05, 3.63) is 84.9 Å². The quantitative estimate of drug-likeness (QED) is 0.306. The molecule has 0 nitrogen and oxygen atoms in total. The summed E-state index contributed by atoms with van der Waals surface area (Å²) in [4.78, 5) is 0. The molecule has 78 valence electrons. The van der Waals surface area contributed by atoms with Gasteiger partial charge in [0.05, 0.1) is 0 Å². The third kappa shape index (κ3) is 5.64. The van der Waals surface area contributed by atoms with Crippen LogP contribution >= 0.6 is 0 Å². The molecule has 2 heteroatoms. The van der Waals surface area contributed by atoms with E-state index in [2.05, 4.69) is 30.3 Å². The van der Waals surface area contributed by atoms with Crippen LogP contribution in [0.1, 0.15) is 0 Å². The van der Waals surface area contributed by atoms with Crippen LogP contribution in [0.15, 0.2) is 72.8 Å². The Morgan fingerprint density at radius 2 is 1.22 bits per heavy atom. The van der Waals surface area contributed by atoms with Gasteiger partial charge in [-0.25, -0.2) is 0 Å². The Kier molecular flexibility index (Phi) is 9.58. The zero-order chi connectivity index (χ0) is 11.1. The molecule has 0 aliphatic rings. The van der Waals surface area contributed by atoms with Gasteiger partial charge in [-0.05, 0) is 0 Å². The predicted octanol–water partition coefficient (Wildman–Crippen LogP) is -1.87. The van der Waals surface area contributed by atoms with Gasteiger partial charge in [-0.15, -0.1) is 16.8 Å². The summed E-state index contributed by atoms with van der Waals surface area (Å²) in [7, 11) is 0. The summed E-state index contributed by atoms with van der Waals surface area (Å²) in [6.45, 7) is 0. The van der Waals surface area contributed by atoms with Gasteiger partial charge in [-0.1, -0.05) is 18.2 Å². The molecule has 0 aliphatic heterocycles. The number of fused-ring (bicyclic) bond motifs is 1. The summed E-state index contributed by atoms with van der Waals surface area (Å²) >= 11 is 0. The molecule has 0 aliphatic carbocycles. The molecule has 0 heterocycles. The fourth-order valence-corrected chi connectivity index (χ4v) is 1.41. The molecule has 0 aromatic heterocycles. The van der Waals surface area contributed by atoms with Crippen LogP contribution in [0.5, 0.6) is 0 Å². The van der Waals surface area contributed by atoms with E-state index in [0.717, 1.165) is 0 Å². The molecule has 18 heavy (non-hydrogen) atoms. The van der Waals surface area contributed by atoms with Crippen molar-refractivity contribution < 1.29 is 37.7 Å². The van der Waals surface area contributed by atoms with Crippen LogP contribution in [0.3, 0.4) is 0 Å². The van der Waals surface area contributed by atoms with Gasteiger partial charge in [0.1, 0.15) is 0 Å². The van der Waals surface area contributed by atoms with Crippen molar-refractivity contribution in [3.8, 4) is 0 Å². The fraction of sp³-hybridized carbons (Fsp3) is 0. The molecule has 0 radical (unpaired) electrons. The molecule has 0 atom stereocenters. The van der Waals surface area contributed by atoms with Crippen molar-refractivity contribution in [1.29, 1.82) is 0 Å². The maximum absolute atomic E-state index is 3.04. The second kappa shape index (κ2) is 10.1. The molecule has 0 spiro atoms. The Labute approximate surface area is 133 Å². The zero-order valence-electron chi connectivity index (χ0n) is 10.9. The fourth-order valence-electron chi connectivity index (χ4n) is 1.41. The van der Waals surface area contributed by atoms with Crippen LogP contribution in [0, 0.1) is 12.1 Å². The van der Waals surface area contributed by atoms with Crippen LogP contribution in [0.4, 0.5) is 0 Å². The topological polar surface area (TPSA) is 0 Å². The summed E-state index contributed by atoms with van der Waals surface area (Å²) in [6.07, 6.45) is 0. The minimum atomic E-state index is 0. The van der Waals surface area contributed by atoms with Crippen LogP contribution in [-0.4, -0.2) is 0 Å². The molecule has 0 bridgehead atoms. The van der Waals surface area contributed by atoms with Gasteiger partial charge < -0.3 is 0 Å². The van der Waals surface area contributed by atoms with E-state index in [4.69, 9.17) is 0 Å². The maximum atomic E-state index is 3.04. The summed E-state index contributed by atoms with van der Waals surface area (Å²) in [5, 5.41) is 2.53. The molecule has 0 N–H and O–H groups in total. The average molecular weight is 218 g/mol. The molecular weight excluding hydrogens is 206 g/mol. The maximum Gasteiger partial charge on any atom is 1.00 e. The summed E-state index contributed by atoms with van der Waals surface area (Å²) in [5.41, 5.74) is 0. The zero-order valence-corrected chi connectivity index (χ0v) is 10.9. The molecule has 0 fully saturated rings. The molecular formula is C16H12Li2. The normalized spacial score (nSPS) is 8.22. The first-order valence-corrected chi connectivity index (χ1v) is 5.23. The van der Waals surface area contributed by atoms with Gasteiger partial charge >= 0.3 is 37.7 Å². The molecule has 0 saturated carbocycles. The minimum absolute atomic E-state index is 0. The number of rotatable bonds is 0. The Balaban J connectivity index is 0.000000319. The summed E-state index contributed by atoms with van der Waals surface area (Å²) in [6, 6.07) is 29.8. The van der Waals surface area contributed by atoms with Gasteiger partial charge in [0.2, 0.25) is 0 Å². The molecule has 3 aromatic rings. The first-order valence-electron chi connectivity index (χ1n) is 5.23. The Morgan fingerprint density at radius 3 is 1.72 bits per heavy atom. The van der Waals surface area contributed by atoms with E-state index in [0.29, 0.717) is 0 Å². The van der Waals surface area contributed by atoms with Crippen LogP contribution < -0.4 is 37.7 Å². The van der Waals surface area contributed by atoms with E-state index < -0.39 is 0 Å². The molecule has 0 amide bonds. The van der Waals surface area contributed by atoms with Crippen molar-refractivity contribution in [1.82, 2.24) is 0 Å². The molecule has 0 saturated heterocycles. The monoisotopic (exact) mass is 218 g/mol. The average Bonchev–Trinajstić information content (AvgIpc) is 2.42. The van der Waals surface area contributed by atoms with E-state index in [1.807, 2.05) is 54.6 Å². The second-order valence-electron chi connectivity index (χ2n) is 3.35. The SMILES string of the molecule is [Li+].[Li+].[c-]1ccc2ccccc2c1.[c-]1ccccc1. The standard InChI is InChI=1S/C10H7.C6H5.2Li/c1-2-6-10-8-4-3-7-9(10)5-1;1-2-4-6-5-3-1;;/h1-3,5-8H;1-5H;;/q2*-1;2*+1. The Hall–Kier alpha value is -0.885. The van der Waals surface area contributed by atoms with Crippen molar-refractivity contribution in [2.75, 3.05) is 0 Å². The molecule has 0 unspecified atom stereocenters. The number of hydrogen-bond acceptors (Lipinski definition) is 0. The van der Waals surface area contributed by atoms with Crippen molar-refractivity contribution >= 4 is 10.8 Å². The van der Waals surface area contributed by atoms with Gasteiger partial charge in [0.15, 0.2) is 0 Å². The van der Waals surface area contributed by atoms with Crippen molar-refractivity contribution in [3.63, 3.8) is 0 Å². The van der Waals surface area contributed by atoms with E-state index >= 15 is 0 Å². The number of benzene rings is 3. The van der Waals surface area contributed by atoms with Gasteiger partial charge in [0.25, 0.3) is 0 Å². The van der Waals surface area contributed by atoms with Crippen LogP contribution in [-0.2, 0) is 0 Å². The van der Waals surface area contributed by atoms with Gasteiger partial charge in [0, 0.05) is 0 Å². The van der Waals surface area contributed by atoms with Crippen LogP contribution in [0.25, 0.3) is 10.8 Å². The first kappa shape index (κ1) is 17.1. The smallest absolute Gasteiger partial charge is 0.184 e. The summed E-state index contributed by atoms with van der Waals surface area (Å²) < 4.78 is 0. The Morgan fingerprint density at radius 1 is 0.556 bits per heavy atom. The number of hydrogen-bond donors (Lipinski definition) is 0. The van der Waals surface area contributed by atoms with E-state index in [1.54, 1.807) is 0 Å². The largest absolute Gasteiger partial charge is 1.00 e. The van der Waals surface area contributed by atoms with Crippen molar-refractivity contribution in [2.24, 2.45) is 0 Å². The van der Waals surface area contributed by atoms with E-state index in [1.165, 1.54) is 10.8 Å². The third-order valence-corrected chi connectivity index (χ3v) is 2.20.